The topological polar surface area (TPSA) is 96.5 Å². The molecule has 2 amide bonds. The first-order valence-electron chi connectivity index (χ1n) is 11.0. The van der Waals surface area contributed by atoms with Gasteiger partial charge in [0.05, 0.1) is 11.6 Å². The van der Waals surface area contributed by atoms with Gasteiger partial charge in [-0.15, -0.1) is 0 Å². The zero-order chi connectivity index (χ0) is 24.6. The number of pyridine rings is 1. The lowest BCUT2D eigenvalue weighted by Crippen LogP contribution is -2.34. The van der Waals surface area contributed by atoms with Crippen LogP contribution in [0.25, 0.3) is 0 Å². The van der Waals surface area contributed by atoms with Crippen molar-refractivity contribution in [3.05, 3.63) is 93.0 Å². The molecule has 1 heterocycles. The van der Waals surface area contributed by atoms with Crippen molar-refractivity contribution in [3.63, 3.8) is 0 Å². The van der Waals surface area contributed by atoms with Crippen LogP contribution in [0.2, 0.25) is 5.02 Å². The Kier molecular flexibility index (Phi) is 6.57. The first-order chi connectivity index (χ1) is 16.2. The van der Waals surface area contributed by atoms with Crippen LogP contribution in [0.4, 0.5) is 4.39 Å². The highest BCUT2D eigenvalue weighted by molar-refractivity contribution is 6.30. The minimum Gasteiger partial charge on any atom is -0.507 e. The summed E-state index contributed by atoms with van der Waals surface area (Å²) in [5.41, 5.74) is 7.92. The second-order valence-electron chi connectivity index (χ2n) is 8.72. The lowest BCUT2D eigenvalue weighted by Gasteiger charge is -2.31. The van der Waals surface area contributed by atoms with Gasteiger partial charge in [-0.05, 0) is 59.7 Å². The van der Waals surface area contributed by atoms with E-state index in [-0.39, 0.29) is 34.5 Å². The molecule has 1 aromatic heterocycles. The van der Waals surface area contributed by atoms with Crippen molar-refractivity contribution in [2.75, 3.05) is 0 Å². The average molecular weight is 482 g/mol. The lowest BCUT2D eigenvalue weighted by molar-refractivity contribution is 0.0652. The predicted molar refractivity (Wildman–Crippen MR) is 127 cm³/mol. The van der Waals surface area contributed by atoms with Crippen LogP contribution in [-0.4, -0.2) is 26.8 Å². The maximum absolute atomic E-state index is 14.6. The molecule has 4 rings (SSSR count). The summed E-state index contributed by atoms with van der Waals surface area (Å²) in [4.78, 5) is 31.5. The van der Waals surface area contributed by atoms with E-state index < -0.39 is 23.7 Å². The lowest BCUT2D eigenvalue weighted by atomic mass is 9.97. The molecule has 0 saturated carbocycles. The van der Waals surface area contributed by atoms with Gasteiger partial charge in [-0.3, -0.25) is 14.6 Å². The Morgan fingerprint density at radius 1 is 1.26 bits per heavy atom. The van der Waals surface area contributed by atoms with E-state index in [0.29, 0.717) is 35.1 Å². The molecule has 1 aliphatic carbocycles. The Bertz CT molecular complexity index is 1280. The predicted octanol–water partition coefficient (Wildman–Crippen LogP) is 5.13. The van der Waals surface area contributed by atoms with Gasteiger partial charge in [0.15, 0.2) is 0 Å². The maximum atomic E-state index is 14.6. The number of hydrogen-bond acceptors (Lipinski definition) is 4. The monoisotopic (exact) mass is 481 g/mol. The van der Waals surface area contributed by atoms with Crippen LogP contribution in [0.3, 0.4) is 0 Å². The second-order valence-corrected chi connectivity index (χ2v) is 9.15. The first kappa shape index (κ1) is 23.7. The summed E-state index contributed by atoms with van der Waals surface area (Å²) in [5.74, 6) is -1.67. The van der Waals surface area contributed by atoms with Crippen LogP contribution < -0.4 is 5.73 Å². The molecule has 6 nitrogen and oxygen atoms in total. The Morgan fingerprint density at radius 3 is 2.74 bits per heavy atom. The Labute approximate surface area is 202 Å². The molecule has 8 heteroatoms. The molecule has 0 unspecified atom stereocenters. The number of amides is 2. The van der Waals surface area contributed by atoms with Gasteiger partial charge in [0.1, 0.15) is 17.3 Å². The van der Waals surface area contributed by atoms with Crippen molar-refractivity contribution in [2.45, 2.75) is 45.2 Å². The van der Waals surface area contributed by atoms with Gasteiger partial charge in [0, 0.05) is 23.3 Å². The van der Waals surface area contributed by atoms with E-state index in [4.69, 9.17) is 17.3 Å². The van der Waals surface area contributed by atoms with Crippen LogP contribution in [0.5, 0.6) is 5.75 Å². The van der Waals surface area contributed by atoms with Crippen molar-refractivity contribution in [3.8, 4) is 5.75 Å². The van der Waals surface area contributed by atoms with E-state index in [1.54, 1.807) is 36.4 Å². The molecule has 3 aromatic rings. The number of nitrogens with two attached hydrogens (primary N) is 1. The molecular weight excluding hydrogens is 457 g/mol. The fourth-order valence-electron chi connectivity index (χ4n) is 4.59. The number of rotatable bonds is 6. The summed E-state index contributed by atoms with van der Waals surface area (Å²) in [7, 11) is 0. The number of nitrogens with zero attached hydrogens (tertiary/aromatic N) is 2. The number of carbonyl (C=O) groups excluding carboxylic acids is 2. The number of para-hydroxylation sites is 1. The molecule has 0 saturated heterocycles. The highest BCUT2D eigenvalue weighted by atomic mass is 35.5. The number of phenols is 1. The average Bonchev–Trinajstić information content (AvgIpc) is 3.21. The molecule has 3 N–H and O–H groups in total. The van der Waals surface area contributed by atoms with Gasteiger partial charge in [0.25, 0.3) is 11.8 Å². The molecule has 0 bridgehead atoms. The van der Waals surface area contributed by atoms with E-state index in [0.717, 1.165) is 0 Å². The third kappa shape index (κ3) is 4.35. The van der Waals surface area contributed by atoms with E-state index in [2.05, 4.69) is 4.98 Å². The van der Waals surface area contributed by atoms with Gasteiger partial charge in [-0.1, -0.05) is 43.6 Å². The molecule has 1 aliphatic rings. The van der Waals surface area contributed by atoms with Crippen LogP contribution in [0.1, 0.15) is 75.3 Å². The van der Waals surface area contributed by atoms with Gasteiger partial charge >= 0.3 is 0 Å². The van der Waals surface area contributed by atoms with Crippen molar-refractivity contribution in [2.24, 2.45) is 5.73 Å². The molecule has 2 aromatic carbocycles. The largest absolute Gasteiger partial charge is 0.507 e. The summed E-state index contributed by atoms with van der Waals surface area (Å²) in [6.45, 7) is 3.84. The summed E-state index contributed by atoms with van der Waals surface area (Å²) >= 11 is 6.15. The van der Waals surface area contributed by atoms with E-state index in [1.165, 1.54) is 17.2 Å². The molecule has 0 spiro atoms. The summed E-state index contributed by atoms with van der Waals surface area (Å²) in [6, 6.07) is 10.8. The minimum absolute atomic E-state index is 0.00102. The smallest absolute Gasteiger partial charge is 0.267 e. The summed E-state index contributed by atoms with van der Waals surface area (Å²) in [6.07, 6.45) is 2.35. The van der Waals surface area contributed by atoms with E-state index in [9.17, 15) is 19.1 Å². The summed E-state index contributed by atoms with van der Waals surface area (Å²) < 4.78 is 14.6. The number of hydrogen-bond donors (Lipinski definition) is 2. The van der Waals surface area contributed by atoms with E-state index >= 15 is 0 Å². The highest BCUT2D eigenvalue weighted by Gasteiger charge is 2.35. The van der Waals surface area contributed by atoms with Gasteiger partial charge in [0.2, 0.25) is 0 Å². The number of carbonyl (C=O) groups is 2. The molecule has 1 atom stereocenters. The number of aromatic hydroxyl groups is 1. The standard InChI is InChI=1S/C26H25ClFN3O3/c1-14(2)17-6-3-7-19(24(17)32)26(34)31(13-15-5-4-10-30-23(15)25(29)33)22-9-8-18-20(22)11-16(27)12-21(18)28/h3-7,10-12,14,22,32H,8-9,13H2,1-2H3,(H2,29,33)/t22-/m1/s1. The van der Waals surface area contributed by atoms with Crippen LogP contribution in [0.15, 0.2) is 48.7 Å². The number of phenolic OH excluding ortho intramolecular Hbond substituents is 1. The first-order valence-corrected chi connectivity index (χ1v) is 11.4. The van der Waals surface area contributed by atoms with Gasteiger partial charge < -0.3 is 15.7 Å². The van der Waals surface area contributed by atoms with Crippen molar-refractivity contribution in [1.82, 2.24) is 9.88 Å². The zero-order valence-corrected chi connectivity index (χ0v) is 19.6. The van der Waals surface area contributed by atoms with Crippen molar-refractivity contribution in [1.29, 1.82) is 0 Å². The molecule has 0 fully saturated rings. The number of halogens is 2. The van der Waals surface area contributed by atoms with Crippen LogP contribution >= 0.6 is 11.6 Å². The molecule has 176 valence electrons. The minimum atomic E-state index is -0.714. The quantitative estimate of drug-likeness (QED) is 0.510. The van der Waals surface area contributed by atoms with Crippen molar-refractivity contribution < 1.29 is 19.1 Å². The number of fused-ring (bicyclic) bond motifs is 1. The van der Waals surface area contributed by atoms with Gasteiger partial charge in [-0.25, -0.2) is 4.39 Å². The Hall–Kier alpha value is -3.45. The zero-order valence-electron chi connectivity index (χ0n) is 18.9. The maximum Gasteiger partial charge on any atom is 0.267 e. The fourth-order valence-corrected chi connectivity index (χ4v) is 4.81. The van der Waals surface area contributed by atoms with E-state index in [1.807, 2.05) is 13.8 Å². The fraction of sp³-hybridized carbons (Fsp3) is 0.269. The Balaban J connectivity index is 1.84. The number of aromatic nitrogens is 1. The third-order valence-corrected chi connectivity index (χ3v) is 6.46. The van der Waals surface area contributed by atoms with Crippen LogP contribution in [-0.2, 0) is 13.0 Å². The molecule has 34 heavy (non-hydrogen) atoms. The normalized spacial score (nSPS) is 14.8. The van der Waals surface area contributed by atoms with Gasteiger partial charge in [-0.2, -0.15) is 0 Å². The molecular formula is C26H25ClFN3O3. The molecule has 0 radical (unpaired) electrons. The van der Waals surface area contributed by atoms with Crippen LogP contribution in [0, 0.1) is 5.82 Å². The number of benzene rings is 2. The highest BCUT2D eigenvalue weighted by Crippen LogP contribution is 2.41. The molecule has 0 aliphatic heterocycles. The second kappa shape index (κ2) is 9.43. The Morgan fingerprint density at radius 2 is 2.03 bits per heavy atom. The number of primary amides is 1. The van der Waals surface area contributed by atoms with Crippen molar-refractivity contribution >= 4 is 23.4 Å². The summed E-state index contributed by atoms with van der Waals surface area (Å²) in [5, 5.41) is 11.1. The SMILES string of the molecule is CC(C)c1cccc(C(=O)N(Cc2cccnc2C(N)=O)[C@@H]2CCc3c(F)cc(Cl)cc32)c1O. The third-order valence-electron chi connectivity index (χ3n) is 6.24.